The van der Waals surface area contributed by atoms with Crippen molar-refractivity contribution in [2.75, 3.05) is 13.1 Å². The number of nitrogens with one attached hydrogen (secondary N) is 1. The van der Waals surface area contributed by atoms with Gasteiger partial charge in [-0.3, -0.25) is 4.79 Å². The first-order valence-corrected chi connectivity index (χ1v) is 8.42. The van der Waals surface area contributed by atoms with Crippen molar-refractivity contribution in [1.82, 2.24) is 19.6 Å². The van der Waals surface area contributed by atoms with Gasteiger partial charge in [-0.2, -0.15) is 0 Å². The second-order valence-corrected chi connectivity index (χ2v) is 7.48. The Morgan fingerprint density at radius 1 is 1.36 bits per heavy atom. The molecule has 2 amide bonds. The molecule has 7 nitrogen and oxygen atoms in total. The van der Waals surface area contributed by atoms with Crippen molar-refractivity contribution >= 4 is 17.6 Å². The molecule has 0 aromatic carbocycles. The van der Waals surface area contributed by atoms with E-state index in [0.29, 0.717) is 13.1 Å². The molecule has 1 N–H and O–H groups in total. The SMILES string of the molecule is Cc1cccn2cc(CC(=O)NC3CN(C(=O)OC(C)(C)C)C3)nc12. The Hall–Kier alpha value is -2.57. The van der Waals surface area contributed by atoms with Gasteiger partial charge in [0, 0.05) is 25.5 Å². The minimum atomic E-state index is -0.507. The molecule has 1 fully saturated rings. The molecule has 0 atom stereocenters. The van der Waals surface area contributed by atoms with E-state index in [9.17, 15) is 9.59 Å². The number of aryl methyl sites for hydroxylation is 1. The third-order valence-electron chi connectivity index (χ3n) is 3.97. The summed E-state index contributed by atoms with van der Waals surface area (Å²) in [5, 5.41) is 2.93. The van der Waals surface area contributed by atoms with Crippen LogP contribution in [0.4, 0.5) is 4.79 Å². The summed E-state index contributed by atoms with van der Waals surface area (Å²) in [6, 6.07) is 3.91. The maximum Gasteiger partial charge on any atom is 0.410 e. The van der Waals surface area contributed by atoms with E-state index in [0.717, 1.165) is 16.9 Å². The molecule has 25 heavy (non-hydrogen) atoms. The summed E-state index contributed by atoms with van der Waals surface area (Å²) in [5.74, 6) is -0.0881. The van der Waals surface area contributed by atoms with Crippen LogP contribution in [0.1, 0.15) is 32.0 Å². The highest BCUT2D eigenvalue weighted by atomic mass is 16.6. The lowest BCUT2D eigenvalue weighted by Crippen LogP contribution is -2.61. The average Bonchev–Trinajstić information content (AvgIpc) is 2.84. The highest BCUT2D eigenvalue weighted by Gasteiger charge is 2.34. The van der Waals surface area contributed by atoms with Crippen molar-refractivity contribution in [2.24, 2.45) is 0 Å². The van der Waals surface area contributed by atoms with Crippen LogP contribution in [0.15, 0.2) is 24.5 Å². The highest BCUT2D eigenvalue weighted by Crippen LogP contribution is 2.15. The van der Waals surface area contributed by atoms with E-state index in [1.54, 1.807) is 4.90 Å². The zero-order chi connectivity index (χ0) is 18.2. The predicted octanol–water partition coefficient (Wildman–Crippen LogP) is 1.92. The van der Waals surface area contributed by atoms with E-state index < -0.39 is 5.60 Å². The summed E-state index contributed by atoms with van der Waals surface area (Å²) in [4.78, 5) is 30.2. The number of fused-ring (bicyclic) bond motifs is 1. The zero-order valence-electron chi connectivity index (χ0n) is 15.1. The number of carbonyl (C=O) groups is 2. The van der Waals surface area contributed by atoms with Crippen LogP contribution >= 0.6 is 0 Å². The number of pyridine rings is 1. The normalized spacial score (nSPS) is 15.1. The lowest BCUT2D eigenvalue weighted by atomic mass is 10.1. The zero-order valence-corrected chi connectivity index (χ0v) is 15.1. The van der Waals surface area contributed by atoms with E-state index in [1.165, 1.54) is 0 Å². The fraction of sp³-hybridized carbons (Fsp3) is 0.500. The molecular formula is C18H24N4O3. The third-order valence-corrected chi connectivity index (χ3v) is 3.97. The number of carbonyl (C=O) groups excluding carboxylic acids is 2. The van der Waals surface area contributed by atoms with Crippen molar-refractivity contribution in [2.45, 2.75) is 45.8 Å². The Balaban J connectivity index is 1.49. The maximum atomic E-state index is 12.2. The monoisotopic (exact) mass is 344 g/mol. The summed E-state index contributed by atoms with van der Waals surface area (Å²) >= 11 is 0. The lowest BCUT2D eigenvalue weighted by molar-refractivity contribution is -0.122. The number of rotatable bonds is 3. The molecule has 0 bridgehead atoms. The van der Waals surface area contributed by atoms with Crippen molar-refractivity contribution < 1.29 is 14.3 Å². The van der Waals surface area contributed by atoms with Gasteiger partial charge in [-0.25, -0.2) is 9.78 Å². The molecule has 2 aromatic heterocycles. The topological polar surface area (TPSA) is 75.9 Å². The van der Waals surface area contributed by atoms with Gasteiger partial charge in [0.25, 0.3) is 0 Å². The first-order valence-electron chi connectivity index (χ1n) is 8.42. The molecule has 1 aliphatic rings. The molecular weight excluding hydrogens is 320 g/mol. The van der Waals surface area contributed by atoms with Gasteiger partial charge >= 0.3 is 6.09 Å². The van der Waals surface area contributed by atoms with Crippen LogP contribution in [0, 0.1) is 6.92 Å². The molecule has 0 spiro atoms. The maximum absolute atomic E-state index is 12.2. The first kappa shape index (κ1) is 17.3. The van der Waals surface area contributed by atoms with E-state index >= 15 is 0 Å². The molecule has 7 heteroatoms. The largest absolute Gasteiger partial charge is 0.444 e. The van der Waals surface area contributed by atoms with Gasteiger partial charge in [-0.15, -0.1) is 0 Å². The van der Waals surface area contributed by atoms with E-state index in [4.69, 9.17) is 4.74 Å². The summed E-state index contributed by atoms with van der Waals surface area (Å²) in [5.41, 5.74) is 2.16. The number of hydrogen-bond acceptors (Lipinski definition) is 4. The highest BCUT2D eigenvalue weighted by molar-refractivity contribution is 5.79. The predicted molar refractivity (Wildman–Crippen MR) is 93.4 cm³/mol. The van der Waals surface area contributed by atoms with Gasteiger partial charge in [0.2, 0.25) is 5.91 Å². The molecule has 0 radical (unpaired) electrons. The molecule has 0 unspecified atom stereocenters. The van der Waals surface area contributed by atoms with E-state index in [-0.39, 0.29) is 24.5 Å². The summed E-state index contributed by atoms with van der Waals surface area (Å²) in [6.07, 6.45) is 3.68. The van der Waals surface area contributed by atoms with Crippen molar-refractivity contribution in [1.29, 1.82) is 0 Å². The average molecular weight is 344 g/mol. The summed E-state index contributed by atoms with van der Waals surface area (Å²) < 4.78 is 7.22. The van der Waals surface area contributed by atoms with Gasteiger partial charge in [-0.1, -0.05) is 6.07 Å². The summed E-state index contributed by atoms with van der Waals surface area (Å²) in [7, 11) is 0. The van der Waals surface area contributed by atoms with Crippen LogP contribution in [0.25, 0.3) is 5.65 Å². The smallest absolute Gasteiger partial charge is 0.410 e. The minimum absolute atomic E-state index is 0.0289. The number of imidazole rings is 1. The molecule has 3 rings (SSSR count). The fourth-order valence-electron chi connectivity index (χ4n) is 2.78. The fourth-order valence-corrected chi connectivity index (χ4v) is 2.78. The van der Waals surface area contributed by atoms with Gasteiger partial charge in [0.05, 0.1) is 18.2 Å². The number of nitrogens with zero attached hydrogens (tertiary/aromatic N) is 3. The molecule has 0 aliphatic carbocycles. The van der Waals surface area contributed by atoms with Crippen LogP contribution < -0.4 is 5.32 Å². The lowest BCUT2D eigenvalue weighted by Gasteiger charge is -2.39. The summed E-state index contributed by atoms with van der Waals surface area (Å²) in [6.45, 7) is 8.45. The van der Waals surface area contributed by atoms with Gasteiger partial charge in [-0.05, 0) is 39.3 Å². The van der Waals surface area contributed by atoms with Gasteiger partial charge in [0.15, 0.2) is 0 Å². The van der Waals surface area contributed by atoms with E-state index in [2.05, 4.69) is 10.3 Å². The first-order chi connectivity index (χ1) is 11.7. The molecule has 1 aliphatic heterocycles. The Morgan fingerprint density at radius 3 is 2.72 bits per heavy atom. The number of amides is 2. The number of likely N-dealkylation sites (tertiary alicyclic amines) is 1. The Morgan fingerprint density at radius 2 is 2.08 bits per heavy atom. The molecule has 2 aromatic rings. The van der Waals surface area contributed by atoms with Crippen molar-refractivity contribution in [3.8, 4) is 0 Å². The standard InChI is InChI=1S/C18H24N4O3/c1-12-6-5-7-21-9-13(20-16(12)21)8-15(23)19-14-10-22(11-14)17(24)25-18(2,3)4/h5-7,9,14H,8,10-11H2,1-4H3,(H,19,23). The van der Waals surface area contributed by atoms with Crippen LogP contribution in [0.3, 0.4) is 0 Å². The number of hydrogen-bond donors (Lipinski definition) is 1. The quantitative estimate of drug-likeness (QED) is 0.923. The minimum Gasteiger partial charge on any atom is -0.444 e. The Labute approximate surface area is 147 Å². The molecule has 3 heterocycles. The second kappa shape index (κ2) is 6.38. The Kier molecular flexibility index (Phi) is 4.41. The Bertz CT molecular complexity index is 800. The van der Waals surface area contributed by atoms with Crippen LogP contribution in [-0.2, 0) is 16.0 Å². The van der Waals surface area contributed by atoms with Crippen LogP contribution in [0.2, 0.25) is 0 Å². The number of aromatic nitrogens is 2. The van der Waals surface area contributed by atoms with Crippen LogP contribution in [0.5, 0.6) is 0 Å². The van der Waals surface area contributed by atoms with Crippen molar-refractivity contribution in [3.63, 3.8) is 0 Å². The second-order valence-electron chi connectivity index (χ2n) is 7.48. The van der Waals surface area contributed by atoms with Gasteiger partial charge < -0.3 is 19.4 Å². The van der Waals surface area contributed by atoms with Crippen LogP contribution in [-0.4, -0.2) is 51.0 Å². The van der Waals surface area contributed by atoms with Gasteiger partial charge in [0.1, 0.15) is 11.2 Å². The molecule has 0 saturated carbocycles. The molecule has 134 valence electrons. The van der Waals surface area contributed by atoms with E-state index in [1.807, 2.05) is 56.6 Å². The van der Waals surface area contributed by atoms with Crippen molar-refractivity contribution in [3.05, 3.63) is 35.8 Å². The third kappa shape index (κ3) is 4.10. The number of ether oxygens (including phenoxy) is 1. The molecule has 1 saturated heterocycles.